The van der Waals surface area contributed by atoms with Gasteiger partial charge >= 0.3 is 0 Å². The summed E-state index contributed by atoms with van der Waals surface area (Å²) in [5.41, 5.74) is 0.328. The van der Waals surface area contributed by atoms with E-state index in [0.717, 1.165) is 12.3 Å². The van der Waals surface area contributed by atoms with Crippen LogP contribution in [0.5, 0.6) is 0 Å². The van der Waals surface area contributed by atoms with Gasteiger partial charge in [-0.2, -0.15) is 21.8 Å². The normalized spacial score (nSPS) is 23.2. The van der Waals surface area contributed by atoms with Crippen LogP contribution in [-0.2, 0) is 5.54 Å². The van der Waals surface area contributed by atoms with E-state index in [0.29, 0.717) is 28.3 Å². The highest BCUT2D eigenvalue weighted by molar-refractivity contribution is 8.00. The Bertz CT molecular complexity index is 744. The van der Waals surface area contributed by atoms with Crippen molar-refractivity contribution in [2.24, 2.45) is 0 Å². The number of hydrogen-bond donors (Lipinski definition) is 1. The molecular weight excluding hydrogens is 298 g/mol. The maximum atomic E-state index is 12.4. The summed E-state index contributed by atoms with van der Waals surface area (Å²) in [6.07, 6.45) is 1.61. The number of H-pyrrole nitrogens is 1. The molecule has 2 unspecified atom stereocenters. The van der Waals surface area contributed by atoms with Crippen molar-refractivity contribution in [2.75, 3.05) is 17.2 Å². The van der Waals surface area contributed by atoms with Crippen LogP contribution >= 0.6 is 11.8 Å². The zero-order valence-electron chi connectivity index (χ0n) is 13.8. The van der Waals surface area contributed by atoms with Gasteiger partial charge in [-0.25, -0.2) is 4.68 Å². The van der Waals surface area contributed by atoms with Crippen molar-refractivity contribution in [3.8, 4) is 0 Å². The second-order valence-electron chi connectivity index (χ2n) is 6.86. The van der Waals surface area contributed by atoms with Crippen LogP contribution in [0.2, 0.25) is 0 Å². The van der Waals surface area contributed by atoms with E-state index in [9.17, 15) is 4.79 Å². The van der Waals surface area contributed by atoms with Gasteiger partial charge in [0.15, 0.2) is 5.65 Å². The first-order valence-electron chi connectivity index (χ1n) is 7.66. The van der Waals surface area contributed by atoms with Gasteiger partial charge in [-0.05, 0) is 27.7 Å². The number of fused-ring (bicyclic) bond motifs is 1. The molecule has 1 saturated heterocycles. The first-order chi connectivity index (χ1) is 10.3. The first kappa shape index (κ1) is 15.4. The van der Waals surface area contributed by atoms with Crippen molar-refractivity contribution in [1.82, 2.24) is 19.7 Å². The van der Waals surface area contributed by atoms with E-state index < -0.39 is 0 Å². The Morgan fingerprint density at radius 3 is 2.77 bits per heavy atom. The van der Waals surface area contributed by atoms with Gasteiger partial charge in [0, 0.05) is 23.6 Å². The number of nitrogens with one attached hydrogen (secondary N) is 1. The van der Waals surface area contributed by atoms with Crippen LogP contribution in [0, 0.1) is 0 Å². The molecule has 1 N–H and O–H groups in total. The van der Waals surface area contributed by atoms with E-state index in [1.807, 2.05) is 16.4 Å². The third-order valence-corrected chi connectivity index (χ3v) is 5.55. The van der Waals surface area contributed by atoms with Gasteiger partial charge in [-0.3, -0.25) is 9.78 Å². The van der Waals surface area contributed by atoms with Crippen LogP contribution in [0.25, 0.3) is 11.0 Å². The molecule has 22 heavy (non-hydrogen) atoms. The molecule has 3 heterocycles. The zero-order chi connectivity index (χ0) is 16.1. The lowest BCUT2D eigenvalue weighted by Crippen LogP contribution is -2.46. The SMILES string of the molecule is CC1SCCN(c2nc3c(cnn3C(C)(C)C)c(=O)[nH]2)C1C. The molecule has 1 fully saturated rings. The van der Waals surface area contributed by atoms with Crippen molar-refractivity contribution >= 4 is 28.7 Å². The molecule has 1 aliphatic rings. The summed E-state index contributed by atoms with van der Waals surface area (Å²) in [5, 5.41) is 5.42. The number of nitrogens with zero attached hydrogens (tertiary/aromatic N) is 4. The second-order valence-corrected chi connectivity index (χ2v) is 8.35. The molecule has 0 spiro atoms. The molecule has 0 amide bonds. The quantitative estimate of drug-likeness (QED) is 0.872. The molecule has 0 radical (unpaired) electrons. The minimum Gasteiger partial charge on any atom is -0.338 e. The predicted octanol–water partition coefficient (Wildman–Crippen LogP) is 2.20. The second kappa shape index (κ2) is 5.30. The third kappa shape index (κ3) is 2.51. The minimum atomic E-state index is -0.212. The maximum absolute atomic E-state index is 12.4. The molecule has 0 bridgehead atoms. The van der Waals surface area contributed by atoms with Crippen molar-refractivity contribution in [1.29, 1.82) is 0 Å². The molecule has 6 nitrogen and oxygen atoms in total. The maximum Gasteiger partial charge on any atom is 0.263 e. The van der Waals surface area contributed by atoms with E-state index >= 15 is 0 Å². The van der Waals surface area contributed by atoms with Gasteiger partial charge in [0.1, 0.15) is 5.39 Å². The molecule has 120 valence electrons. The average molecular weight is 321 g/mol. The fourth-order valence-electron chi connectivity index (χ4n) is 2.77. The van der Waals surface area contributed by atoms with Crippen molar-refractivity contribution < 1.29 is 0 Å². The van der Waals surface area contributed by atoms with Gasteiger partial charge < -0.3 is 4.90 Å². The zero-order valence-corrected chi connectivity index (χ0v) is 14.6. The van der Waals surface area contributed by atoms with Gasteiger partial charge in [0.05, 0.1) is 11.7 Å². The van der Waals surface area contributed by atoms with Gasteiger partial charge in [0.2, 0.25) is 5.95 Å². The van der Waals surface area contributed by atoms with E-state index in [4.69, 9.17) is 4.98 Å². The number of rotatable bonds is 1. The molecule has 1 aliphatic heterocycles. The van der Waals surface area contributed by atoms with Crippen LogP contribution < -0.4 is 10.5 Å². The molecule has 7 heteroatoms. The van der Waals surface area contributed by atoms with E-state index in [-0.39, 0.29) is 11.1 Å². The molecule has 3 rings (SSSR count). The van der Waals surface area contributed by atoms with Crippen LogP contribution in [-0.4, -0.2) is 43.3 Å². The number of hydrogen-bond acceptors (Lipinski definition) is 5. The molecule has 2 aromatic rings. The Morgan fingerprint density at radius 1 is 1.36 bits per heavy atom. The Hall–Kier alpha value is -1.50. The Labute approximate surface area is 134 Å². The monoisotopic (exact) mass is 321 g/mol. The fraction of sp³-hybridized carbons (Fsp3) is 0.667. The van der Waals surface area contributed by atoms with Gasteiger partial charge in [-0.1, -0.05) is 6.92 Å². The van der Waals surface area contributed by atoms with E-state index in [1.54, 1.807) is 6.20 Å². The fourth-order valence-corrected chi connectivity index (χ4v) is 3.87. The summed E-state index contributed by atoms with van der Waals surface area (Å²) in [6.45, 7) is 11.5. The lowest BCUT2D eigenvalue weighted by Gasteiger charge is -2.37. The first-order valence-corrected chi connectivity index (χ1v) is 8.70. The molecular formula is C15H23N5OS. The van der Waals surface area contributed by atoms with Crippen molar-refractivity contribution in [3.05, 3.63) is 16.6 Å². The van der Waals surface area contributed by atoms with Crippen LogP contribution in [0.3, 0.4) is 0 Å². The van der Waals surface area contributed by atoms with Crippen LogP contribution in [0.1, 0.15) is 34.6 Å². The Balaban J connectivity index is 2.13. The standard InChI is InChI=1S/C15H23N5OS/c1-9-10(2)22-7-6-19(9)14-17-12-11(13(21)18-14)8-16-20(12)15(3,4)5/h8-10H,6-7H2,1-5H3,(H,17,18,21). The summed E-state index contributed by atoms with van der Waals surface area (Å²) in [7, 11) is 0. The third-order valence-electron chi connectivity index (χ3n) is 4.22. The van der Waals surface area contributed by atoms with Crippen molar-refractivity contribution in [3.63, 3.8) is 0 Å². The van der Waals surface area contributed by atoms with Crippen LogP contribution in [0.4, 0.5) is 5.95 Å². The minimum absolute atomic E-state index is 0.117. The number of thioether (sulfide) groups is 1. The highest BCUT2D eigenvalue weighted by atomic mass is 32.2. The largest absolute Gasteiger partial charge is 0.338 e. The predicted molar refractivity (Wildman–Crippen MR) is 91.9 cm³/mol. The smallest absolute Gasteiger partial charge is 0.263 e. The molecule has 0 aliphatic carbocycles. The number of aromatic amines is 1. The summed E-state index contributed by atoms with van der Waals surface area (Å²) in [6, 6.07) is 0.338. The molecule has 2 aromatic heterocycles. The number of anilines is 1. The summed E-state index contributed by atoms with van der Waals surface area (Å²) in [5.74, 6) is 1.70. The Morgan fingerprint density at radius 2 is 2.09 bits per heavy atom. The molecule has 0 aromatic carbocycles. The van der Waals surface area contributed by atoms with Gasteiger partial charge in [-0.15, -0.1) is 0 Å². The van der Waals surface area contributed by atoms with E-state index in [2.05, 4.69) is 49.6 Å². The lowest BCUT2D eigenvalue weighted by atomic mass is 10.1. The van der Waals surface area contributed by atoms with E-state index in [1.165, 1.54) is 0 Å². The average Bonchev–Trinajstić information content (AvgIpc) is 2.86. The van der Waals surface area contributed by atoms with Crippen molar-refractivity contribution in [2.45, 2.75) is 51.4 Å². The summed E-state index contributed by atoms with van der Waals surface area (Å²) in [4.78, 5) is 22.3. The number of aromatic nitrogens is 4. The lowest BCUT2D eigenvalue weighted by molar-refractivity contribution is 0.366. The Kier molecular flexibility index (Phi) is 3.71. The van der Waals surface area contributed by atoms with Gasteiger partial charge in [0.25, 0.3) is 5.56 Å². The van der Waals surface area contributed by atoms with Crippen LogP contribution in [0.15, 0.2) is 11.0 Å². The molecule has 2 atom stereocenters. The summed E-state index contributed by atoms with van der Waals surface area (Å²) >= 11 is 1.96. The summed E-state index contributed by atoms with van der Waals surface area (Å²) < 4.78 is 1.83. The highest BCUT2D eigenvalue weighted by Gasteiger charge is 2.28. The highest BCUT2D eigenvalue weighted by Crippen LogP contribution is 2.27. The topological polar surface area (TPSA) is 66.8 Å². The molecule has 0 saturated carbocycles.